The average Bonchev–Trinajstić information content (AvgIpc) is 2.36. The molecule has 2 unspecified atom stereocenters. The number of amides is 1. The Labute approximate surface area is 122 Å². The number of aryl methyl sites for hydroxylation is 1. The van der Waals surface area contributed by atoms with Gasteiger partial charge in [0.1, 0.15) is 6.04 Å². The first-order chi connectivity index (χ1) is 9.02. The van der Waals surface area contributed by atoms with E-state index in [0.717, 1.165) is 16.7 Å². The van der Waals surface area contributed by atoms with Crippen molar-refractivity contribution in [2.24, 2.45) is 5.73 Å². The highest BCUT2D eigenvalue weighted by Crippen LogP contribution is 2.26. The molecule has 0 bridgehead atoms. The van der Waals surface area contributed by atoms with Gasteiger partial charge in [-0.2, -0.15) is 0 Å². The monoisotopic (exact) mass is 325 g/mol. The van der Waals surface area contributed by atoms with Crippen molar-refractivity contribution in [1.29, 1.82) is 0 Å². The topological polar surface area (TPSA) is 58.4 Å². The van der Waals surface area contributed by atoms with Crippen LogP contribution in [0, 0.1) is 6.92 Å². The molecule has 2 atom stereocenters. The molecule has 1 amide bonds. The molecular formula is C14H20BrN3O. The first kappa shape index (κ1) is 14.3. The number of hydrogen-bond donors (Lipinski definition) is 2. The van der Waals surface area contributed by atoms with Crippen molar-refractivity contribution in [2.45, 2.75) is 32.4 Å². The van der Waals surface area contributed by atoms with Gasteiger partial charge in [0.15, 0.2) is 0 Å². The molecular weight excluding hydrogens is 306 g/mol. The van der Waals surface area contributed by atoms with E-state index in [-0.39, 0.29) is 18.0 Å². The summed E-state index contributed by atoms with van der Waals surface area (Å²) in [7, 11) is 0. The van der Waals surface area contributed by atoms with Crippen LogP contribution in [0.4, 0.5) is 5.69 Å². The summed E-state index contributed by atoms with van der Waals surface area (Å²) in [5.41, 5.74) is 7.89. The number of nitrogens with zero attached hydrogens (tertiary/aromatic N) is 1. The molecule has 0 aromatic heterocycles. The minimum atomic E-state index is -0.165. The standard InChI is InChI=1S/C14H20BrN3O/c1-9-7-11(3-4-12(9)15)18-8-10(2)17-14(19)13(18)5-6-16/h3-4,7,10,13H,5-6,8,16H2,1-2H3,(H,17,19). The third kappa shape index (κ3) is 3.09. The Balaban J connectivity index is 2.31. The van der Waals surface area contributed by atoms with Gasteiger partial charge in [-0.05, 0) is 50.6 Å². The van der Waals surface area contributed by atoms with Gasteiger partial charge in [0.2, 0.25) is 5.91 Å². The van der Waals surface area contributed by atoms with E-state index in [4.69, 9.17) is 5.73 Å². The number of nitrogens with two attached hydrogens (primary N) is 1. The number of anilines is 1. The van der Waals surface area contributed by atoms with Crippen molar-refractivity contribution in [3.63, 3.8) is 0 Å². The lowest BCUT2D eigenvalue weighted by molar-refractivity contribution is -0.124. The molecule has 1 heterocycles. The zero-order chi connectivity index (χ0) is 14.0. The maximum absolute atomic E-state index is 12.1. The predicted molar refractivity (Wildman–Crippen MR) is 81.3 cm³/mol. The fourth-order valence-electron chi connectivity index (χ4n) is 2.49. The molecule has 1 saturated heterocycles. The van der Waals surface area contributed by atoms with Crippen molar-refractivity contribution >= 4 is 27.5 Å². The second-order valence-electron chi connectivity index (χ2n) is 5.09. The van der Waals surface area contributed by atoms with Gasteiger partial charge in [-0.1, -0.05) is 15.9 Å². The van der Waals surface area contributed by atoms with E-state index >= 15 is 0 Å². The van der Waals surface area contributed by atoms with E-state index < -0.39 is 0 Å². The zero-order valence-electron chi connectivity index (χ0n) is 11.3. The van der Waals surface area contributed by atoms with Gasteiger partial charge in [0, 0.05) is 22.7 Å². The number of hydrogen-bond acceptors (Lipinski definition) is 3. The Morgan fingerprint density at radius 1 is 1.53 bits per heavy atom. The van der Waals surface area contributed by atoms with E-state index in [0.29, 0.717) is 13.0 Å². The SMILES string of the molecule is Cc1cc(N2CC(C)NC(=O)C2CCN)ccc1Br. The first-order valence-corrected chi connectivity index (χ1v) is 7.35. The number of halogens is 1. The van der Waals surface area contributed by atoms with Gasteiger partial charge in [-0.25, -0.2) is 0 Å². The summed E-state index contributed by atoms with van der Waals surface area (Å²) < 4.78 is 1.08. The van der Waals surface area contributed by atoms with Gasteiger partial charge >= 0.3 is 0 Å². The minimum absolute atomic E-state index is 0.0739. The molecule has 104 valence electrons. The van der Waals surface area contributed by atoms with Crippen molar-refractivity contribution < 1.29 is 4.79 Å². The highest BCUT2D eigenvalue weighted by atomic mass is 79.9. The number of carbonyl (C=O) groups excluding carboxylic acids is 1. The molecule has 19 heavy (non-hydrogen) atoms. The third-order valence-corrected chi connectivity index (χ3v) is 4.34. The minimum Gasteiger partial charge on any atom is -0.357 e. The van der Waals surface area contributed by atoms with E-state index in [1.54, 1.807) is 0 Å². The molecule has 3 N–H and O–H groups in total. The second-order valence-corrected chi connectivity index (χ2v) is 5.94. The average molecular weight is 326 g/mol. The van der Waals surface area contributed by atoms with Crippen LogP contribution in [0.25, 0.3) is 0 Å². The number of piperazine rings is 1. The van der Waals surface area contributed by atoms with Gasteiger partial charge < -0.3 is 16.0 Å². The van der Waals surface area contributed by atoms with Crippen LogP contribution in [0.5, 0.6) is 0 Å². The van der Waals surface area contributed by atoms with Crippen LogP contribution in [0.1, 0.15) is 18.9 Å². The van der Waals surface area contributed by atoms with Crippen LogP contribution in [-0.2, 0) is 4.79 Å². The molecule has 1 aliphatic rings. The van der Waals surface area contributed by atoms with Crippen LogP contribution in [0.15, 0.2) is 22.7 Å². The van der Waals surface area contributed by atoms with Crippen molar-refractivity contribution in [1.82, 2.24) is 5.32 Å². The smallest absolute Gasteiger partial charge is 0.243 e. The van der Waals surface area contributed by atoms with Crippen LogP contribution in [0.3, 0.4) is 0 Å². The Kier molecular flexibility index (Phi) is 4.47. The number of benzene rings is 1. The molecule has 1 aromatic rings. The van der Waals surface area contributed by atoms with E-state index in [9.17, 15) is 4.79 Å². The van der Waals surface area contributed by atoms with Gasteiger partial charge in [-0.3, -0.25) is 4.79 Å². The Morgan fingerprint density at radius 2 is 2.26 bits per heavy atom. The molecule has 0 radical (unpaired) electrons. The van der Waals surface area contributed by atoms with Crippen LogP contribution in [0.2, 0.25) is 0 Å². The lowest BCUT2D eigenvalue weighted by Crippen LogP contribution is -2.59. The van der Waals surface area contributed by atoms with Crippen molar-refractivity contribution in [3.05, 3.63) is 28.2 Å². The first-order valence-electron chi connectivity index (χ1n) is 6.56. The lowest BCUT2D eigenvalue weighted by Gasteiger charge is -2.40. The maximum atomic E-state index is 12.1. The molecule has 5 heteroatoms. The molecule has 4 nitrogen and oxygen atoms in total. The summed E-state index contributed by atoms with van der Waals surface area (Å²) in [5, 5.41) is 2.99. The largest absolute Gasteiger partial charge is 0.357 e. The quantitative estimate of drug-likeness (QED) is 0.890. The van der Waals surface area contributed by atoms with E-state index in [1.165, 1.54) is 5.56 Å². The fourth-order valence-corrected chi connectivity index (χ4v) is 2.73. The molecule has 0 spiro atoms. The maximum Gasteiger partial charge on any atom is 0.243 e. The summed E-state index contributed by atoms with van der Waals surface area (Å²) in [5.74, 6) is 0.0739. The number of rotatable bonds is 3. The van der Waals surface area contributed by atoms with Crippen LogP contribution in [-0.4, -0.2) is 31.1 Å². The van der Waals surface area contributed by atoms with Crippen molar-refractivity contribution in [2.75, 3.05) is 18.0 Å². The highest BCUT2D eigenvalue weighted by Gasteiger charge is 2.32. The summed E-state index contributed by atoms with van der Waals surface area (Å²) in [6.45, 7) is 5.41. The zero-order valence-corrected chi connectivity index (χ0v) is 12.9. The molecule has 2 rings (SSSR count). The highest BCUT2D eigenvalue weighted by molar-refractivity contribution is 9.10. The summed E-state index contributed by atoms with van der Waals surface area (Å²) in [4.78, 5) is 14.3. The third-order valence-electron chi connectivity index (χ3n) is 3.45. The normalized spacial score (nSPS) is 23.4. The molecule has 0 saturated carbocycles. The van der Waals surface area contributed by atoms with Gasteiger partial charge in [0.25, 0.3) is 0 Å². The second kappa shape index (κ2) is 5.92. The molecule has 0 aliphatic carbocycles. The number of carbonyl (C=O) groups is 1. The Bertz CT molecular complexity index is 478. The van der Waals surface area contributed by atoms with E-state index in [1.807, 2.05) is 19.1 Å². The van der Waals surface area contributed by atoms with E-state index in [2.05, 4.69) is 39.1 Å². The molecule has 1 aromatic carbocycles. The van der Waals surface area contributed by atoms with Crippen molar-refractivity contribution in [3.8, 4) is 0 Å². The summed E-state index contributed by atoms with van der Waals surface area (Å²) in [6.07, 6.45) is 0.674. The van der Waals surface area contributed by atoms with Gasteiger partial charge in [-0.15, -0.1) is 0 Å². The van der Waals surface area contributed by atoms with Gasteiger partial charge in [0.05, 0.1) is 0 Å². The Hall–Kier alpha value is -1.07. The Morgan fingerprint density at radius 3 is 2.89 bits per heavy atom. The molecule has 1 aliphatic heterocycles. The summed E-state index contributed by atoms with van der Waals surface area (Å²) in [6, 6.07) is 6.18. The van der Waals surface area contributed by atoms with Crippen LogP contribution < -0.4 is 16.0 Å². The predicted octanol–water partition coefficient (Wildman–Crippen LogP) is 1.80. The summed E-state index contributed by atoms with van der Waals surface area (Å²) >= 11 is 3.51. The molecule has 1 fully saturated rings. The lowest BCUT2D eigenvalue weighted by atomic mass is 10.0. The fraction of sp³-hybridized carbons (Fsp3) is 0.500. The number of nitrogens with one attached hydrogen (secondary N) is 1. The van der Waals surface area contributed by atoms with Crippen LogP contribution >= 0.6 is 15.9 Å².